The summed E-state index contributed by atoms with van der Waals surface area (Å²) in [4.78, 5) is 0. The molecule has 4 atom stereocenters. The molecule has 1 aromatic carbocycles. The average Bonchev–Trinajstić information content (AvgIpc) is 3.00. The summed E-state index contributed by atoms with van der Waals surface area (Å²) in [6, 6.07) is 6.91. The second-order valence-electron chi connectivity index (χ2n) is 6.14. The lowest BCUT2D eigenvalue weighted by molar-refractivity contribution is 0.0612. The van der Waals surface area contributed by atoms with Crippen molar-refractivity contribution in [2.75, 3.05) is 13.2 Å². The first-order valence-corrected chi connectivity index (χ1v) is 7.83. The number of hydrogen-bond acceptors (Lipinski definition) is 3. The number of fused-ring (bicyclic) bond motifs is 1. The predicted molar refractivity (Wildman–Crippen MR) is 80.2 cm³/mol. The van der Waals surface area contributed by atoms with E-state index in [4.69, 9.17) is 9.47 Å². The van der Waals surface area contributed by atoms with E-state index >= 15 is 0 Å². The highest BCUT2D eigenvalue weighted by Crippen LogP contribution is 2.35. The van der Waals surface area contributed by atoms with Gasteiger partial charge in [-0.2, -0.15) is 0 Å². The molecule has 1 aromatic rings. The molecule has 0 bridgehead atoms. The van der Waals surface area contributed by atoms with E-state index in [-0.39, 0.29) is 6.10 Å². The van der Waals surface area contributed by atoms with Crippen molar-refractivity contribution in [3.63, 3.8) is 0 Å². The molecule has 0 spiro atoms. The lowest BCUT2D eigenvalue weighted by atomic mass is 9.91. The fourth-order valence-corrected chi connectivity index (χ4v) is 3.42. The van der Waals surface area contributed by atoms with Crippen molar-refractivity contribution in [3.8, 4) is 5.75 Å². The molecule has 0 aliphatic carbocycles. The van der Waals surface area contributed by atoms with Crippen LogP contribution in [0.5, 0.6) is 5.75 Å². The fourth-order valence-electron chi connectivity index (χ4n) is 3.42. The SMILES string of the molecule is CCNC(c1ccc2c(c1)CC(C)O2)C1OCCC1C. The van der Waals surface area contributed by atoms with Crippen molar-refractivity contribution in [1.29, 1.82) is 0 Å². The molecule has 20 heavy (non-hydrogen) atoms. The van der Waals surface area contributed by atoms with Gasteiger partial charge in [0.2, 0.25) is 0 Å². The van der Waals surface area contributed by atoms with Crippen LogP contribution in [0.2, 0.25) is 0 Å². The van der Waals surface area contributed by atoms with Gasteiger partial charge in [-0.15, -0.1) is 0 Å². The topological polar surface area (TPSA) is 30.5 Å². The highest BCUT2D eigenvalue weighted by molar-refractivity contribution is 5.41. The van der Waals surface area contributed by atoms with E-state index in [1.165, 1.54) is 11.1 Å². The highest BCUT2D eigenvalue weighted by Gasteiger charge is 2.33. The van der Waals surface area contributed by atoms with Crippen molar-refractivity contribution in [2.24, 2.45) is 5.92 Å². The quantitative estimate of drug-likeness (QED) is 0.916. The van der Waals surface area contributed by atoms with E-state index in [9.17, 15) is 0 Å². The molecular weight excluding hydrogens is 250 g/mol. The van der Waals surface area contributed by atoms with Gasteiger partial charge in [0.1, 0.15) is 11.9 Å². The molecular formula is C17H25NO2. The smallest absolute Gasteiger partial charge is 0.123 e. The third kappa shape index (κ3) is 2.57. The highest BCUT2D eigenvalue weighted by atomic mass is 16.5. The van der Waals surface area contributed by atoms with Crippen LogP contribution in [0.1, 0.15) is 44.4 Å². The Morgan fingerprint density at radius 1 is 1.35 bits per heavy atom. The molecule has 0 amide bonds. The summed E-state index contributed by atoms with van der Waals surface area (Å²) in [6.07, 6.45) is 2.77. The third-order valence-electron chi connectivity index (χ3n) is 4.48. The van der Waals surface area contributed by atoms with Crippen LogP contribution in [-0.2, 0) is 11.2 Å². The van der Waals surface area contributed by atoms with Gasteiger partial charge in [0.15, 0.2) is 0 Å². The first-order chi connectivity index (χ1) is 9.69. The minimum absolute atomic E-state index is 0.285. The molecule has 1 saturated heterocycles. The zero-order valence-corrected chi connectivity index (χ0v) is 12.7. The van der Waals surface area contributed by atoms with Crippen LogP contribution >= 0.6 is 0 Å². The van der Waals surface area contributed by atoms with E-state index in [0.717, 1.165) is 31.7 Å². The molecule has 2 heterocycles. The zero-order chi connectivity index (χ0) is 14.1. The zero-order valence-electron chi connectivity index (χ0n) is 12.7. The number of nitrogens with one attached hydrogen (secondary N) is 1. The number of rotatable bonds is 4. The van der Waals surface area contributed by atoms with Crippen molar-refractivity contribution in [2.45, 2.75) is 51.9 Å². The Morgan fingerprint density at radius 2 is 2.20 bits per heavy atom. The summed E-state index contributed by atoms with van der Waals surface area (Å²) < 4.78 is 11.8. The van der Waals surface area contributed by atoms with Gasteiger partial charge in [0.05, 0.1) is 12.1 Å². The largest absolute Gasteiger partial charge is 0.490 e. The first kappa shape index (κ1) is 13.9. The summed E-state index contributed by atoms with van der Waals surface area (Å²) in [7, 11) is 0. The standard InChI is InChI=1S/C17H25NO2/c1-4-18-16(17-11(2)7-8-19-17)13-5-6-15-14(10-13)9-12(3)20-15/h5-6,10-12,16-18H,4,7-9H2,1-3H3. The first-order valence-electron chi connectivity index (χ1n) is 7.83. The van der Waals surface area contributed by atoms with Crippen molar-refractivity contribution in [1.82, 2.24) is 5.32 Å². The Labute approximate surface area is 121 Å². The molecule has 1 N–H and O–H groups in total. The molecule has 4 unspecified atom stereocenters. The molecule has 0 aromatic heterocycles. The molecule has 2 aliphatic heterocycles. The molecule has 3 nitrogen and oxygen atoms in total. The molecule has 0 radical (unpaired) electrons. The minimum Gasteiger partial charge on any atom is -0.490 e. The minimum atomic E-state index is 0.285. The van der Waals surface area contributed by atoms with Gasteiger partial charge in [0.25, 0.3) is 0 Å². The maximum atomic E-state index is 5.98. The van der Waals surface area contributed by atoms with Gasteiger partial charge in [-0.3, -0.25) is 0 Å². The van der Waals surface area contributed by atoms with Crippen molar-refractivity contribution < 1.29 is 9.47 Å². The Kier molecular flexibility index (Phi) is 3.99. The van der Waals surface area contributed by atoms with Crippen molar-refractivity contribution in [3.05, 3.63) is 29.3 Å². The number of likely N-dealkylation sites (N-methyl/N-ethyl adjacent to an activating group) is 1. The third-order valence-corrected chi connectivity index (χ3v) is 4.48. The van der Waals surface area contributed by atoms with Gasteiger partial charge in [-0.25, -0.2) is 0 Å². The molecule has 0 saturated carbocycles. The molecule has 3 heteroatoms. The van der Waals surface area contributed by atoms with E-state index in [1.807, 2.05) is 0 Å². The van der Waals surface area contributed by atoms with Crippen LogP contribution in [0, 0.1) is 5.92 Å². The molecule has 2 aliphatic rings. The van der Waals surface area contributed by atoms with Crippen molar-refractivity contribution >= 4 is 0 Å². The Bertz CT molecular complexity index is 474. The Hall–Kier alpha value is -1.06. The summed E-state index contributed by atoms with van der Waals surface area (Å²) in [6.45, 7) is 8.43. The van der Waals surface area contributed by atoms with Gasteiger partial charge in [-0.05, 0) is 43.0 Å². The lowest BCUT2D eigenvalue weighted by Crippen LogP contribution is -2.34. The van der Waals surface area contributed by atoms with E-state index in [0.29, 0.717) is 18.1 Å². The van der Waals surface area contributed by atoms with Crippen LogP contribution in [-0.4, -0.2) is 25.4 Å². The molecule has 1 fully saturated rings. The van der Waals surface area contributed by atoms with Crippen LogP contribution in [0.15, 0.2) is 18.2 Å². The summed E-state index contributed by atoms with van der Waals surface area (Å²) in [5.41, 5.74) is 2.67. The van der Waals surface area contributed by atoms with Crippen LogP contribution in [0.3, 0.4) is 0 Å². The monoisotopic (exact) mass is 275 g/mol. The Morgan fingerprint density at radius 3 is 2.90 bits per heavy atom. The van der Waals surface area contributed by atoms with Gasteiger partial charge in [0, 0.05) is 13.0 Å². The molecule has 3 rings (SSSR count). The number of hydrogen-bond donors (Lipinski definition) is 1. The Balaban J connectivity index is 1.86. The molecule has 110 valence electrons. The second-order valence-corrected chi connectivity index (χ2v) is 6.14. The van der Waals surface area contributed by atoms with Crippen LogP contribution < -0.4 is 10.1 Å². The lowest BCUT2D eigenvalue weighted by Gasteiger charge is -2.27. The van der Waals surface area contributed by atoms with E-state index in [1.54, 1.807) is 0 Å². The number of ether oxygens (including phenoxy) is 2. The van der Waals surface area contributed by atoms with Gasteiger partial charge >= 0.3 is 0 Å². The van der Waals surface area contributed by atoms with Crippen LogP contribution in [0.4, 0.5) is 0 Å². The summed E-state index contributed by atoms with van der Waals surface area (Å²) in [5.74, 6) is 1.67. The summed E-state index contributed by atoms with van der Waals surface area (Å²) >= 11 is 0. The maximum absolute atomic E-state index is 5.98. The number of benzene rings is 1. The summed E-state index contributed by atoms with van der Waals surface area (Å²) in [5, 5.41) is 3.61. The van der Waals surface area contributed by atoms with E-state index in [2.05, 4.69) is 44.3 Å². The van der Waals surface area contributed by atoms with Crippen LogP contribution in [0.25, 0.3) is 0 Å². The maximum Gasteiger partial charge on any atom is 0.123 e. The normalized spacial score (nSPS) is 30.1. The average molecular weight is 275 g/mol. The van der Waals surface area contributed by atoms with Gasteiger partial charge < -0.3 is 14.8 Å². The van der Waals surface area contributed by atoms with Gasteiger partial charge in [-0.1, -0.05) is 26.0 Å². The van der Waals surface area contributed by atoms with E-state index < -0.39 is 0 Å². The predicted octanol–water partition coefficient (Wildman–Crippen LogP) is 3.09. The fraction of sp³-hybridized carbons (Fsp3) is 0.647. The second kappa shape index (κ2) is 5.74.